The van der Waals surface area contributed by atoms with Crippen LogP contribution in [0.15, 0.2) is 24.3 Å². The Hall–Kier alpha value is -1.59. The van der Waals surface area contributed by atoms with Crippen LogP contribution in [0, 0.1) is 11.8 Å². The molecule has 5 heteroatoms. The average Bonchev–Trinajstić information content (AvgIpc) is 3.05. The summed E-state index contributed by atoms with van der Waals surface area (Å²) in [6.07, 6.45) is 3.06. The molecule has 2 fully saturated rings. The molecule has 1 atom stereocenters. The maximum absolute atomic E-state index is 12.5. The van der Waals surface area contributed by atoms with Crippen molar-refractivity contribution in [1.29, 1.82) is 0 Å². The fraction of sp³-hybridized carbons (Fsp3) is 0.650. The molecule has 2 saturated heterocycles. The van der Waals surface area contributed by atoms with Gasteiger partial charge in [-0.25, -0.2) is 0 Å². The standard InChI is InChI=1S/C20H31N3O2/c1-15(2)13-23-10-7-16(14-23)20(24)22-18-5-3-17(4-6-18)21-19-8-11-25-12-9-19/h3-6,15-16,19,21H,7-14H2,1-2H3,(H,22,24). The zero-order valence-electron chi connectivity index (χ0n) is 15.5. The molecule has 0 radical (unpaired) electrons. The molecular weight excluding hydrogens is 314 g/mol. The number of likely N-dealkylation sites (tertiary alicyclic amines) is 1. The lowest BCUT2D eigenvalue weighted by atomic mass is 10.1. The van der Waals surface area contributed by atoms with Crippen LogP contribution < -0.4 is 10.6 Å². The van der Waals surface area contributed by atoms with Gasteiger partial charge in [0.2, 0.25) is 5.91 Å². The molecule has 3 rings (SSSR count). The average molecular weight is 345 g/mol. The number of hydrogen-bond acceptors (Lipinski definition) is 4. The molecule has 0 spiro atoms. The Balaban J connectivity index is 1.47. The van der Waals surface area contributed by atoms with Gasteiger partial charge in [0.05, 0.1) is 5.92 Å². The first-order chi connectivity index (χ1) is 12.1. The largest absolute Gasteiger partial charge is 0.382 e. The van der Waals surface area contributed by atoms with Crippen LogP contribution in [0.25, 0.3) is 0 Å². The first-order valence-corrected chi connectivity index (χ1v) is 9.57. The molecule has 25 heavy (non-hydrogen) atoms. The number of nitrogens with zero attached hydrogens (tertiary/aromatic N) is 1. The predicted molar refractivity (Wildman–Crippen MR) is 102 cm³/mol. The Morgan fingerprint density at radius 1 is 1.16 bits per heavy atom. The second-order valence-electron chi connectivity index (χ2n) is 7.74. The van der Waals surface area contributed by atoms with E-state index in [1.807, 2.05) is 24.3 Å². The maximum atomic E-state index is 12.5. The summed E-state index contributed by atoms with van der Waals surface area (Å²) in [6.45, 7) is 9.11. The number of amides is 1. The van der Waals surface area contributed by atoms with E-state index < -0.39 is 0 Å². The van der Waals surface area contributed by atoms with Gasteiger partial charge in [-0.2, -0.15) is 0 Å². The van der Waals surface area contributed by atoms with Gasteiger partial charge in [-0.1, -0.05) is 13.8 Å². The highest BCUT2D eigenvalue weighted by Gasteiger charge is 2.28. The summed E-state index contributed by atoms with van der Waals surface area (Å²) in [5.41, 5.74) is 1.98. The molecule has 0 aliphatic carbocycles. The molecule has 1 aromatic carbocycles. The second kappa shape index (κ2) is 8.68. The van der Waals surface area contributed by atoms with Gasteiger partial charge >= 0.3 is 0 Å². The third kappa shape index (κ3) is 5.44. The summed E-state index contributed by atoms with van der Waals surface area (Å²) in [4.78, 5) is 14.9. The second-order valence-corrected chi connectivity index (χ2v) is 7.74. The summed E-state index contributed by atoms with van der Waals surface area (Å²) >= 11 is 0. The van der Waals surface area contributed by atoms with Crippen molar-refractivity contribution in [3.05, 3.63) is 24.3 Å². The summed E-state index contributed by atoms with van der Waals surface area (Å²) in [6, 6.07) is 8.55. The number of carbonyl (C=O) groups excluding carboxylic acids is 1. The lowest BCUT2D eigenvalue weighted by Crippen LogP contribution is -2.29. The van der Waals surface area contributed by atoms with Crippen molar-refractivity contribution in [2.24, 2.45) is 11.8 Å². The van der Waals surface area contributed by atoms with E-state index in [-0.39, 0.29) is 11.8 Å². The van der Waals surface area contributed by atoms with Gasteiger partial charge in [0.25, 0.3) is 0 Å². The lowest BCUT2D eigenvalue weighted by molar-refractivity contribution is -0.119. The number of rotatable bonds is 6. The third-order valence-electron chi connectivity index (χ3n) is 5.01. The zero-order valence-corrected chi connectivity index (χ0v) is 15.5. The third-order valence-corrected chi connectivity index (χ3v) is 5.01. The van der Waals surface area contributed by atoms with Crippen molar-refractivity contribution in [2.45, 2.75) is 39.2 Å². The van der Waals surface area contributed by atoms with E-state index in [0.29, 0.717) is 12.0 Å². The highest BCUT2D eigenvalue weighted by atomic mass is 16.5. The van der Waals surface area contributed by atoms with E-state index in [2.05, 4.69) is 29.4 Å². The zero-order chi connectivity index (χ0) is 17.6. The minimum Gasteiger partial charge on any atom is -0.382 e. The topological polar surface area (TPSA) is 53.6 Å². The Morgan fingerprint density at radius 3 is 2.52 bits per heavy atom. The number of hydrogen-bond donors (Lipinski definition) is 2. The van der Waals surface area contributed by atoms with E-state index in [1.165, 1.54) is 0 Å². The van der Waals surface area contributed by atoms with Crippen molar-refractivity contribution in [1.82, 2.24) is 4.90 Å². The number of carbonyl (C=O) groups is 1. The molecule has 1 aromatic rings. The van der Waals surface area contributed by atoms with E-state index in [0.717, 1.165) is 63.5 Å². The first kappa shape index (κ1) is 18.2. The van der Waals surface area contributed by atoms with Gasteiger partial charge in [0.1, 0.15) is 0 Å². The molecule has 2 heterocycles. The van der Waals surface area contributed by atoms with Gasteiger partial charge in [-0.15, -0.1) is 0 Å². The van der Waals surface area contributed by atoms with Gasteiger partial charge < -0.3 is 20.3 Å². The molecule has 2 aliphatic heterocycles. The normalized spacial score (nSPS) is 22.3. The maximum Gasteiger partial charge on any atom is 0.228 e. The van der Waals surface area contributed by atoms with Gasteiger partial charge in [0, 0.05) is 43.7 Å². The van der Waals surface area contributed by atoms with Crippen LogP contribution in [0.2, 0.25) is 0 Å². The van der Waals surface area contributed by atoms with Gasteiger partial charge in [-0.05, 0) is 56.0 Å². The molecular formula is C20H31N3O2. The van der Waals surface area contributed by atoms with Gasteiger partial charge in [0.15, 0.2) is 0 Å². The van der Waals surface area contributed by atoms with Crippen molar-refractivity contribution in [3.8, 4) is 0 Å². The number of anilines is 2. The van der Waals surface area contributed by atoms with Crippen LogP contribution >= 0.6 is 0 Å². The van der Waals surface area contributed by atoms with Crippen LogP contribution in [-0.4, -0.2) is 49.7 Å². The number of nitrogens with one attached hydrogen (secondary N) is 2. The monoisotopic (exact) mass is 345 g/mol. The number of benzene rings is 1. The molecule has 1 unspecified atom stereocenters. The van der Waals surface area contributed by atoms with Crippen molar-refractivity contribution in [3.63, 3.8) is 0 Å². The van der Waals surface area contributed by atoms with E-state index in [4.69, 9.17) is 4.74 Å². The summed E-state index contributed by atoms with van der Waals surface area (Å²) in [5, 5.41) is 6.62. The molecule has 0 aromatic heterocycles. The molecule has 0 bridgehead atoms. The smallest absolute Gasteiger partial charge is 0.228 e. The summed E-state index contributed by atoms with van der Waals surface area (Å²) in [5.74, 6) is 0.910. The fourth-order valence-corrected chi connectivity index (χ4v) is 3.70. The molecule has 1 amide bonds. The molecule has 2 aliphatic rings. The van der Waals surface area contributed by atoms with Crippen LogP contribution in [-0.2, 0) is 9.53 Å². The fourth-order valence-electron chi connectivity index (χ4n) is 3.70. The Bertz CT molecular complexity index is 553. The van der Waals surface area contributed by atoms with Crippen molar-refractivity contribution < 1.29 is 9.53 Å². The van der Waals surface area contributed by atoms with Crippen molar-refractivity contribution >= 4 is 17.3 Å². The molecule has 2 N–H and O–H groups in total. The summed E-state index contributed by atoms with van der Waals surface area (Å²) in [7, 11) is 0. The molecule has 138 valence electrons. The summed E-state index contributed by atoms with van der Waals surface area (Å²) < 4.78 is 5.39. The highest BCUT2D eigenvalue weighted by Crippen LogP contribution is 2.21. The quantitative estimate of drug-likeness (QED) is 0.831. The van der Waals surface area contributed by atoms with Crippen LogP contribution in [0.3, 0.4) is 0 Å². The Kier molecular flexibility index (Phi) is 6.32. The Labute approximate surface area is 151 Å². The first-order valence-electron chi connectivity index (χ1n) is 9.57. The van der Waals surface area contributed by atoms with E-state index in [9.17, 15) is 4.79 Å². The Morgan fingerprint density at radius 2 is 1.84 bits per heavy atom. The lowest BCUT2D eigenvalue weighted by Gasteiger charge is -2.24. The SMILES string of the molecule is CC(C)CN1CCC(C(=O)Nc2ccc(NC3CCOCC3)cc2)C1. The number of ether oxygens (including phenoxy) is 1. The van der Waals surface area contributed by atoms with Crippen LogP contribution in [0.1, 0.15) is 33.1 Å². The predicted octanol–water partition coefficient (Wildman–Crippen LogP) is 3.19. The van der Waals surface area contributed by atoms with Crippen LogP contribution in [0.5, 0.6) is 0 Å². The van der Waals surface area contributed by atoms with E-state index in [1.54, 1.807) is 0 Å². The highest BCUT2D eigenvalue weighted by molar-refractivity contribution is 5.93. The van der Waals surface area contributed by atoms with Crippen LogP contribution in [0.4, 0.5) is 11.4 Å². The minimum absolute atomic E-state index is 0.110. The van der Waals surface area contributed by atoms with E-state index >= 15 is 0 Å². The van der Waals surface area contributed by atoms with Crippen molar-refractivity contribution in [2.75, 3.05) is 43.5 Å². The minimum atomic E-state index is 0.110. The molecule has 5 nitrogen and oxygen atoms in total. The van der Waals surface area contributed by atoms with Gasteiger partial charge in [-0.3, -0.25) is 4.79 Å². The molecule has 0 saturated carbocycles.